The fourth-order valence-corrected chi connectivity index (χ4v) is 2.44. The lowest BCUT2D eigenvalue weighted by Gasteiger charge is -2.35. The third-order valence-corrected chi connectivity index (χ3v) is 3.61. The van der Waals surface area contributed by atoms with Crippen molar-refractivity contribution in [3.63, 3.8) is 0 Å². The Balaban J connectivity index is 1.55. The molecular weight excluding hydrogens is 264 g/mol. The first-order valence-electron chi connectivity index (χ1n) is 7.15. The van der Waals surface area contributed by atoms with Crippen LogP contribution < -0.4 is 9.64 Å². The smallest absolute Gasteiger partial charge is 0.410 e. The summed E-state index contributed by atoms with van der Waals surface area (Å²) in [6.07, 6.45) is -0.270. The fraction of sp³-hybridized carbons (Fsp3) is 0.235. The molecule has 4 heteroatoms. The second-order valence-corrected chi connectivity index (χ2v) is 4.99. The molecule has 0 saturated carbocycles. The summed E-state index contributed by atoms with van der Waals surface area (Å²) in [7, 11) is 0. The molecule has 0 aliphatic carbocycles. The van der Waals surface area contributed by atoms with Gasteiger partial charge in [-0.25, -0.2) is 4.79 Å². The van der Waals surface area contributed by atoms with Crippen LogP contribution >= 0.6 is 0 Å². The Hall–Kier alpha value is -2.49. The molecule has 1 amide bonds. The molecule has 0 aromatic heterocycles. The molecule has 2 aromatic rings. The molecule has 1 fully saturated rings. The van der Waals surface area contributed by atoms with Crippen molar-refractivity contribution in [1.29, 1.82) is 0 Å². The highest BCUT2D eigenvalue weighted by Gasteiger charge is 2.22. The Kier molecular flexibility index (Phi) is 4.05. The van der Waals surface area contributed by atoms with Crippen LogP contribution in [0, 0.1) is 0 Å². The molecule has 3 rings (SSSR count). The van der Waals surface area contributed by atoms with E-state index in [4.69, 9.17) is 4.74 Å². The summed E-state index contributed by atoms with van der Waals surface area (Å²) in [5.74, 6) is 0.591. The van der Waals surface area contributed by atoms with Crippen LogP contribution in [0.2, 0.25) is 0 Å². The highest BCUT2D eigenvalue weighted by atomic mass is 16.6. The van der Waals surface area contributed by atoms with E-state index >= 15 is 0 Å². The van der Waals surface area contributed by atoms with Gasteiger partial charge in [-0.15, -0.1) is 0 Å². The minimum Gasteiger partial charge on any atom is -0.410 e. The summed E-state index contributed by atoms with van der Waals surface area (Å²) in [4.78, 5) is 16.1. The predicted octanol–water partition coefficient (Wildman–Crippen LogP) is 3.01. The normalized spacial score (nSPS) is 14.9. The van der Waals surface area contributed by atoms with E-state index in [1.165, 1.54) is 5.69 Å². The van der Waals surface area contributed by atoms with Crippen LogP contribution in [0.5, 0.6) is 5.75 Å². The van der Waals surface area contributed by atoms with Gasteiger partial charge in [0, 0.05) is 31.9 Å². The Morgan fingerprint density at radius 3 is 2.00 bits per heavy atom. The molecular formula is C17H18N2O2. The minimum absolute atomic E-state index is 0.270. The van der Waals surface area contributed by atoms with Gasteiger partial charge in [-0.2, -0.15) is 0 Å². The van der Waals surface area contributed by atoms with Crippen molar-refractivity contribution in [3.8, 4) is 5.75 Å². The van der Waals surface area contributed by atoms with E-state index in [0.717, 1.165) is 13.1 Å². The number of rotatable bonds is 2. The molecule has 0 N–H and O–H groups in total. The van der Waals surface area contributed by atoms with Gasteiger partial charge in [-0.3, -0.25) is 0 Å². The average Bonchev–Trinajstić information content (AvgIpc) is 2.57. The quantitative estimate of drug-likeness (QED) is 0.849. The van der Waals surface area contributed by atoms with Crippen LogP contribution in [0.1, 0.15) is 0 Å². The van der Waals surface area contributed by atoms with Crippen molar-refractivity contribution < 1.29 is 9.53 Å². The Bertz CT molecular complexity index is 578. The van der Waals surface area contributed by atoms with Crippen LogP contribution in [0.25, 0.3) is 0 Å². The number of amides is 1. The predicted molar refractivity (Wildman–Crippen MR) is 82.7 cm³/mol. The molecule has 2 aromatic carbocycles. The molecule has 0 spiro atoms. The maximum Gasteiger partial charge on any atom is 0.415 e. The molecule has 1 aliphatic rings. The molecule has 0 bridgehead atoms. The second kappa shape index (κ2) is 6.31. The molecule has 0 unspecified atom stereocenters. The first-order chi connectivity index (χ1) is 10.3. The van der Waals surface area contributed by atoms with Gasteiger partial charge in [-0.05, 0) is 24.3 Å². The van der Waals surface area contributed by atoms with Gasteiger partial charge >= 0.3 is 6.09 Å². The second-order valence-electron chi connectivity index (χ2n) is 4.99. The van der Waals surface area contributed by atoms with Crippen molar-refractivity contribution in [2.45, 2.75) is 0 Å². The summed E-state index contributed by atoms with van der Waals surface area (Å²) in [6, 6.07) is 19.5. The van der Waals surface area contributed by atoms with Crippen LogP contribution in [-0.2, 0) is 0 Å². The van der Waals surface area contributed by atoms with Gasteiger partial charge in [0.05, 0.1) is 0 Å². The number of carbonyl (C=O) groups is 1. The molecule has 0 radical (unpaired) electrons. The summed E-state index contributed by atoms with van der Waals surface area (Å²) in [6.45, 7) is 3.02. The van der Waals surface area contributed by atoms with Gasteiger partial charge in [0.1, 0.15) is 5.75 Å². The lowest BCUT2D eigenvalue weighted by atomic mass is 10.2. The number of benzene rings is 2. The Morgan fingerprint density at radius 2 is 1.38 bits per heavy atom. The van der Waals surface area contributed by atoms with Gasteiger partial charge in [0.25, 0.3) is 0 Å². The summed E-state index contributed by atoms with van der Waals surface area (Å²) >= 11 is 0. The lowest BCUT2D eigenvalue weighted by Crippen LogP contribution is -2.49. The lowest BCUT2D eigenvalue weighted by molar-refractivity contribution is 0.149. The number of anilines is 1. The van der Waals surface area contributed by atoms with Gasteiger partial charge in [0.2, 0.25) is 0 Å². The molecule has 21 heavy (non-hydrogen) atoms. The molecule has 1 aliphatic heterocycles. The highest BCUT2D eigenvalue weighted by molar-refractivity contribution is 5.71. The zero-order valence-corrected chi connectivity index (χ0v) is 11.8. The fourth-order valence-electron chi connectivity index (χ4n) is 2.44. The number of nitrogens with zero attached hydrogens (tertiary/aromatic N) is 2. The maximum atomic E-state index is 12.1. The van der Waals surface area contributed by atoms with Crippen LogP contribution in [0.3, 0.4) is 0 Å². The zero-order chi connectivity index (χ0) is 14.5. The van der Waals surface area contributed by atoms with E-state index in [-0.39, 0.29) is 6.09 Å². The Labute approximate surface area is 124 Å². The molecule has 0 atom stereocenters. The Morgan fingerprint density at radius 1 is 0.810 bits per heavy atom. The molecule has 4 nitrogen and oxygen atoms in total. The van der Waals surface area contributed by atoms with Crippen LogP contribution in [0.4, 0.5) is 10.5 Å². The largest absolute Gasteiger partial charge is 0.415 e. The number of hydrogen-bond donors (Lipinski definition) is 0. The van der Waals surface area contributed by atoms with E-state index in [0.29, 0.717) is 18.8 Å². The SMILES string of the molecule is O=C(Oc1ccccc1)N1CCN(c2ccccc2)CC1. The third-order valence-electron chi connectivity index (χ3n) is 3.61. The van der Waals surface area contributed by atoms with Gasteiger partial charge in [0.15, 0.2) is 0 Å². The van der Waals surface area contributed by atoms with Crippen LogP contribution in [-0.4, -0.2) is 37.2 Å². The average molecular weight is 282 g/mol. The minimum atomic E-state index is -0.270. The topological polar surface area (TPSA) is 32.8 Å². The van der Waals surface area contributed by atoms with Crippen molar-refractivity contribution in [2.75, 3.05) is 31.1 Å². The number of ether oxygens (including phenoxy) is 1. The van der Waals surface area contributed by atoms with Crippen LogP contribution in [0.15, 0.2) is 60.7 Å². The number of piperazine rings is 1. The third kappa shape index (κ3) is 3.34. The van der Waals surface area contributed by atoms with Crippen molar-refractivity contribution in [3.05, 3.63) is 60.7 Å². The molecule has 108 valence electrons. The first kappa shape index (κ1) is 13.5. The number of hydrogen-bond acceptors (Lipinski definition) is 3. The summed E-state index contributed by atoms with van der Waals surface area (Å²) < 4.78 is 5.36. The first-order valence-corrected chi connectivity index (χ1v) is 7.15. The van der Waals surface area contributed by atoms with Crippen molar-refractivity contribution >= 4 is 11.8 Å². The molecule has 1 heterocycles. The zero-order valence-electron chi connectivity index (χ0n) is 11.8. The van der Waals surface area contributed by atoms with E-state index in [2.05, 4.69) is 17.0 Å². The van der Waals surface area contributed by atoms with E-state index < -0.39 is 0 Å². The van der Waals surface area contributed by atoms with Gasteiger partial charge < -0.3 is 14.5 Å². The standard InChI is InChI=1S/C17H18N2O2/c20-17(21-16-9-5-2-6-10-16)19-13-11-18(12-14-19)15-7-3-1-4-8-15/h1-10H,11-14H2. The number of para-hydroxylation sites is 2. The van der Waals surface area contributed by atoms with E-state index in [1.807, 2.05) is 36.4 Å². The van der Waals surface area contributed by atoms with E-state index in [1.54, 1.807) is 17.0 Å². The summed E-state index contributed by atoms with van der Waals surface area (Å²) in [5.41, 5.74) is 1.20. The highest BCUT2D eigenvalue weighted by Crippen LogP contribution is 2.16. The number of carbonyl (C=O) groups excluding carboxylic acids is 1. The van der Waals surface area contributed by atoms with Crippen molar-refractivity contribution in [1.82, 2.24) is 4.90 Å². The molecule has 1 saturated heterocycles. The summed E-state index contributed by atoms with van der Waals surface area (Å²) in [5, 5.41) is 0. The maximum absolute atomic E-state index is 12.1. The van der Waals surface area contributed by atoms with E-state index in [9.17, 15) is 4.79 Å². The monoisotopic (exact) mass is 282 g/mol. The van der Waals surface area contributed by atoms with Crippen molar-refractivity contribution in [2.24, 2.45) is 0 Å². The van der Waals surface area contributed by atoms with Gasteiger partial charge in [-0.1, -0.05) is 36.4 Å².